The van der Waals surface area contributed by atoms with Crippen molar-refractivity contribution in [1.82, 2.24) is 9.30 Å². The van der Waals surface area contributed by atoms with Crippen LogP contribution < -0.4 is 4.74 Å². The highest BCUT2D eigenvalue weighted by molar-refractivity contribution is 5.96. The minimum atomic E-state index is 0.575. The fourth-order valence-corrected chi connectivity index (χ4v) is 4.94. The van der Waals surface area contributed by atoms with E-state index in [-0.39, 0.29) is 0 Å². The van der Waals surface area contributed by atoms with Crippen molar-refractivity contribution in [2.24, 2.45) is 0 Å². The Kier molecular flexibility index (Phi) is 7.03. The Morgan fingerprint density at radius 2 is 1.60 bits per heavy atom. The van der Waals surface area contributed by atoms with E-state index in [1.54, 1.807) is 0 Å². The molecule has 3 heterocycles. The van der Waals surface area contributed by atoms with E-state index in [0.717, 1.165) is 31.7 Å². The Hall–Kier alpha value is -3.34. The van der Waals surface area contributed by atoms with Gasteiger partial charge in [0, 0.05) is 23.3 Å². The van der Waals surface area contributed by atoms with Crippen LogP contribution in [0.1, 0.15) is 30.0 Å². The monoisotopic (exact) mass is 466 g/mol. The molecule has 0 atom stereocenters. The van der Waals surface area contributed by atoms with Gasteiger partial charge in [0.2, 0.25) is 0 Å². The van der Waals surface area contributed by atoms with Gasteiger partial charge < -0.3 is 18.8 Å². The van der Waals surface area contributed by atoms with E-state index in [9.17, 15) is 0 Å². The molecule has 4 heteroatoms. The smallest absolute Gasteiger partial charge is 0.119 e. The zero-order chi connectivity index (χ0) is 24.2. The molecule has 4 nitrogen and oxygen atoms in total. The molecule has 0 aliphatic heterocycles. The maximum atomic E-state index is 6.09. The number of aromatic nitrogens is 1. The van der Waals surface area contributed by atoms with Crippen LogP contribution in [-0.4, -0.2) is 36.5 Å². The van der Waals surface area contributed by atoms with Crippen LogP contribution >= 0.6 is 0 Å². The quantitative estimate of drug-likeness (QED) is 0.200. The van der Waals surface area contributed by atoms with Crippen molar-refractivity contribution < 1.29 is 9.47 Å². The number of pyridine rings is 1. The lowest BCUT2D eigenvalue weighted by Crippen LogP contribution is -2.14. The van der Waals surface area contributed by atoms with Gasteiger partial charge in [-0.1, -0.05) is 55.5 Å². The number of benzene rings is 2. The van der Waals surface area contributed by atoms with Crippen LogP contribution in [0.25, 0.3) is 27.7 Å². The van der Waals surface area contributed by atoms with Crippen molar-refractivity contribution in [2.75, 3.05) is 27.2 Å². The Labute approximate surface area is 208 Å². The van der Waals surface area contributed by atoms with Gasteiger partial charge >= 0.3 is 0 Å². The molecular formula is C31H34N2O2. The van der Waals surface area contributed by atoms with E-state index in [1.165, 1.54) is 44.4 Å². The number of hydrogen-bond acceptors (Lipinski definition) is 3. The molecule has 2 aromatic carbocycles. The molecule has 0 radical (unpaired) electrons. The van der Waals surface area contributed by atoms with Gasteiger partial charge in [0.15, 0.2) is 0 Å². The van der Waals surface area contributed by atoms with Crippen molar-refractivity contribution in [3.05, 3.63) is 95.6 Å². The normalized spacial score (nSPS) is 11.8. The first-order valence-electron chi connectivity index (χ1n) is 12.5. The summed E-state index contributed by atoms with van der Waals surface area (Å²) in [5.41, 5.74) is 10.2. The summed E-state index contributed by atoms with van der Waals surface area (Å²) in [6, 6.07) is 27.7. The van der Waals surface area contributed by atoms with E-state index < -0.39 is 0 Å². The van der Waals surface area contributed by atoms with Crippen LogP contribution in [0.3, 0.4) is 0 Å². The second-order valence-corrected chi connectivity index (χ2v) is 9.40. The third-order valence-electron chi connectivity index (χ3n) is 6.63. The maximum absolute atomic E-state index is 6.09. The first-order chi connectivity index (χ1) is 17.2. The van der Waals surface area contributed by atoms with E-state index in [0.29, 0.717) is 13.2 Å². The summed E-state index contributed by atoms with van der Waals surface area (Å²) in [4.78, 5) is 2.20. The first kappa shape index (κ1) is 23.4. The van der Waals surface area contributed by atoms with Crippen LogP contribution in [0.4, 0.5) is 0 Å². The minimum absolute atomic E-state index is 0.575. The Bertz CT molecular complexity index is 1370. The van der Waals surface area contributed by atoms with Gasteiger partial charge in [-0.15, -0.1) is 0 Å². The Morgan fingerprint density at radius 3 is 2.34 bits per heavy atom. The Morgan fingerprint density at radius 1 is 0.829 bits per heavy atom. The number of aryl methyl sites for hydroxylation is 1. The Balaban J connectivity index is 1.42. The fourth-order valence-electron chi connectivity index (χ4n) is 4.94. The van der Waals surface area contributed by atoms with Gasteiger partial charge in [-0.25, -0.2) is 0 Å². The summed E-state index contributed by atoms with van der Waals surface area (Å²) in [5, 5.41) is 0. The first-order valence-corrected chi connectivity index (χ1v) is 12.5. The predicted octanol–water partition coefficient (Wildman–Crippen LogP) is 6.81. The standard InChI is InChI=1S/C31H34N2O2/c1-4-28-30(24-12-16-27(17-13-24)35-21-23-9-6-5-7-10-23)29-18-15-26-14-11-25(31(28)33(26)29)22-34-20-8-19-32(2)3/h5-7,9-18H,4,8,19-22H2,1-3H3. The van der Waals surface area contributed by atoms with E-state index in [2.05, 4.69) is 91.0 Å². The molecule has 0 saturated carbocycles. The topological polar surface area (TPSA) is 26.1 Å². The SMILES string of the molecule is CCc1c(-c2ccc(OCc3ccccc3)cc2)c2ccc3ccc(COCCCN(C)C)c1n32. The average molecular weight is 467 g/mol. The lowest BCUT2D eigenvalue weighted by Gasteiger charge is -2.11. The molecule has 0 spiro atoms. The van der Waals surface area contributed by atoms with E-state index in [1.807, 2.05) is 18.2 Å². The van der Waals surface area contributed by atoms with Gasteiger partial charge in [-0.2, -0.15) is 0 Å². The molecule has 0 saturated heterocycles. The second-order valence-electron chi connectivity index (χ2n) is 9.40. The summed E-state index contributed by atoms with van der Waals surface area (Å²) in [7, 11) is 4.20. The number of rotatable bonds is 11. The fraction of sp³-hybridized carbons (Fsp3) is 0.290. The molecule has 5 rings (SSSR count). The van der Waals surface area contributed by atoms with Crippen LogP contribution in [0.5, 0.6) is 5.75 Å². The minimum Gasteiger partial charge on any atom is -0.489 e. The summed E-state index contributed by atoms with van der Waals surface area (Å²) in [6.07, 6.45) is 2.01. The summed E-state index contributed by atoms with van der Waals surface area (Å²) >= 11 is 0. The molecular weight excluding hydrogens is 432 g/mol. The number of nitrogens with zero attached hydrogens (tertiary/aromatic N) is 2. The highest BCUT2D eigenvalue weighted by atomic mass is 16.5. The highest BCUT2D eigenvalue weighted by Gasteiger charge is 2.20. The molecule has 35 heavy (non-hydrogen) atoms. The van der Waals surface area contributed by atoms with Crippen molar-refractivity contribution in [3.8, 4) is 16.9 Å². The average Bonchev–Trinajstić information content (AvgIpc) is 3.45. The van der Waals surface area contributed by atoms with Gasteiger partial charge in [-0.05, 0) is 80.5 Å². The van der Waals surface area contributed by atoms with Crippen LogP contribution in [0.15, 0.2) is 78.9 Å². The van der Waals surface area contributed by atoms with E-state index in [4.69, 9.17) is 9.47 Å². The lowest BCUT2D eigenvalue weighted by atomic mass is 9.98. The van der Waals surface area contributed by atoms with Crippen molar-refractivity contribution in [3.63, 3.8) is 0 Å². The van der Waals surface area contributed by atoms with Gasteiger partial charge in [-0.3, -0.25) is 0 Å². The number of hydrogen-bond donors (Lipinski definition) is 0. The van der Waals surface area contributed by atoms with Gasteiger partial charge in [0.25, 0.3) is 0 Å². The molecule has 0 aliphatic rings. The van der Waals surface area contributed by atoms with Gasteiger partial charge in [0.1, 0.15) is 12.4 Å². The summed E-state index contributed by atoms with van der Waals surface area (Å²) in [6.45, 7) is 5.28. The summed E-state index contributed by atoms with van der Waals surface area (Å²) < 4.78 is 14.5. The molecule has 0 bridgehead atoms. The molecule has 0 amide bonds. The van der Waals surface area contributed by atoms with Crippen molar-refractivity contribution in [2.45, 2.75) is 33.0 Å². The van der Waals surface area contributed by atoms with Crippen LogP contribution in [-0.2, 0) is 24.4 Å². The zero-order valence-corrected chi connectivity index (χ0v) is 21.0. The third kappa shape index (κ3) is 4.90. The summed E-state index contributed by atoms with van der Waals surface area (Å²) in [5.74, 6) is 0.888. The van der Waals surface area contributed by atoms with Crippen molar-refractivity contribution >= 4 is 16.6 Å². The predicted molar refractivity (Wildman–Crippen MR) is 145 cm³/mol. The largest absolute Gasteiger partial charge is 0.489 e. The molecule has 0 aliphatic carbocycles. The van der Waals surface area contributed by atoms with Crippen LogP contribution in [0.2, 0.25) is 0 Å². The van der Waals surface area contributed by atoms with Crippen molar-refractivity contribution in [1.29, 1.82) is 0 Å². The van der Waals surface area contributed by atoms with Gasteiger partial charge in [0.05, 0.1) is 17.6 Å². The molecule has 5 aromatic rings. The van der Waals surface area contributed by atoms with E-state index >= 15 is 0 Å². The highest BCUT2D eigenvalue weighted by Crippen LogP contribution is 2.39. The molecule has 0 fully saturated rings. The van der Waals surface area contributed by atoms with Crippen LogP contribution in [0, 0.1) is 0 Å². The number of ether oxygens (including phenoxy) is 2. The maximum Gasteiger partial charge on any atom is 0.119 e. The molecule has 180 valence electrons. The molecule has 0 unspecified atom stereocenters. The molecule has 0 N–H and O–H groups in total. The second kappa shape index (κ2) is 10.5. The zero-order valence-electron chi connectivity index (χ0n) is 21.0. The lowest BCUT2D eigenvalue weighted by molar-refractivity contribution is 0.114. The third-order valence-corrected chi connectivity index (χ3v) is 6.63. The molecule has 3 aromatic heterocycles.